The lowest BCUT2D eigenvalue weighted by molar-refractivity contribution is -0.122. The summed E-state index contributed by atoms with van der Waals surface area (Å²) in [6, 6.07) is 7.52. The zero-order valence-corrected chi connectivity index (χ0v) is 12.1. The van der Waals surface area contributed by atoms with Crippen LogP contribution in [0.1, 0.15) is 5.56 Å². The van der Waals surface area contributed by atoms with E-state index in [-0.39, 0.29) is 5.91 Å². The predicted molar refractivity (Wildman–Crippen MR) is 81.9 cm³/mol. The van der Waals surface area contributed by atoms with Gasteiger partial charge in [0.1, 0.15) is 10.1 Å². The van der Waals surface area contributed by atoms with E-state index in [0.29, 0.717) is 22.3 Å². The molecule has 4 nitrogen and oxygen atoms in total. The van der Waals surface area contributed by atoms with Crippen LogP contribution in [0.3, 0.4) is 0 Å². The highest BCUT2D eigenvalue weighted by Crippen LogP contribution is 2.32. The van der Waals surface area contributed by atoms with Crippen LogP contribution in [0, 0.1) is 0 Å². The number of rotatable bonds is 4. The summed E-state index contributed by atoms with van der Waals surface area (Å²) in [4.78, 5) is 14.3. The summed E-state index contributed by atoms with van der Waals surface area (Å²) in [5.74, 6) is 0.675. The van der Waals surface area contributed by atoms with Crippen molar-refractivity contribution in [1.82, 2.24) is 4.90 Å². The molecule has 19 heavy (non-hydrogen) atoms. The van der Waals surface area contributed by atoms with E-state index in [4.69, 9.17) is 22.7 Å². The second-order valence-corrected chi connectivity index (χ2v) is 5.57. The summed E-state index contributed by atoms with van der Waals surface area (Å²) in [7, 11) is 1.61. The smallest absolute Gasteiger partial charge is 0.266 e. The van der Waals surface area contributed by atoms with Crippen molar-refractivity contribution in [2.24, 2.45) is 5.73 Å². The number of hydrogen-bond acceptors (Lipinski definition) is 5. The molecule has 1 fully saturated rings. The van der Waals surface area contributed by atoms with E-state index in [0.717, 1.165) is 11.3 Å². The maximum absolute atomic E-state index is 12.1. The second kappa shape index (κ2) is 6.18. The van der Waals surface area contributed by atoms with Gasteiger partial charge >= 0.3 is 0 Å². The van der Waals surface area contributed by atoms with Crippen molar-refractivity contribution < 1.29 is 9.53 Å². The van der Waals surface area contributed by atoms with Crippen molar-refractivity contribution in [1.29, 1.82) is 0 Å². The Morgan fingerprint density at radius 3 is 3.00 bits per heavy atom. The van der Waals surface area contributed by atoms with E-state index in [2.05, 4.69) is 0 Å². The first-order chi connectivity index (χ1) is 9.15. The molecule has 0 bridgehead atoms. The molecule has 1 aliphatic heterocycles. The summed E-state index contributed by atoms with van der Waals surface area (Å²) in [5.41, 5.74) is 6.38. The fourth-order valence-electron chi connectivity index (χ4n) is 1.70. The number of hydrogen-bond donors (Lipinski definition) is 1. The van der Waals surface area contributed by atoms with E-state index < -0.39 is 0 Å². The molecule has 0 saturated carbocycles. The van der Waals surface area contributed by atoms with Crippen LogP contribution in [0.5, 0.6) is 5.75 Å². The number of thiocarbonyl (C=S) groups is 1. The molecule has 1 heterocycles. The number of carbonyl (C=O) groups excluding carboxylic acids is 1. The van der Waals surface area contributed by atoms with E-state index in [1.165, 1.54) is 16.7 Å². The summed E-state index contributed by atoms with van der Waals surface area (Å²) in [6.07, 6.45) is 1.82. The van der Waals surface area contributed by atoms with Gasteiger partial charge in [0, 0.05) is 13.1 Å². The summed E-state index contributed by atoms with van der Waals surface area (Å²) in [5, 5.41) is 0. The molecule has 0 aliphatic carbocycles. The van der Waals surface area contributed by atoms with Gasteiger partial charge in [0.15, 0.2) is 0 Å². The van der Waals surface area contributed by atoms with Gasteiger partial charge in [-0.25, -0.2) is 0 Å². The minimum Gasteiger partial charge on any atom is -0.497 e. The Morgan fingerprint density at radius 1 is 1.53 bits per heavy atom. The van der Waals surface area contributed by atoms with Crippen LogP contribution in [-0.2, 0) is 4.79 Å². The van der Waals surface area contributed by atoms with Crippen molar-refractivity contribution in [2.45, 2.75) is 0 Å². The number of ether oxygens (including phenoxy) is 1. The lowest BCUT2D eigenvalue weighted by Crippen LogP contribution is -2.32. The summed E-state index contributed by atoms with van der Waals surface area (Å²) < 4.78 is 5.71. The van der Waals surface area contributed by atoms with Crippen LogP contribution in [0.25, 0.3) is 6.08 Å². The number of thioether (sulfide) groups is 1. The molecule has 0 spiro atoms. The lowest BCUT2D eigenvalue weighted by Gasteiger charge is -2.11. The molecule has 1 saturated heterocycles. The summed E-state index contributed by atoms with van der Waals surface area (Å²) >= 11 is 6.47. The predicted octanol–water partition coefficient (Wildman–Crippen LogP) is 1.86. The number of nitrogens with zero attached hydrogens (tertiary/aromatic N) is 1. The SMILES string of the molecule is COc1cccc(/C=C2/SC(=S)N(CCN)C2=O)c1. The Labute approximate surface area is 121 Å². The van der Waals surface area contributed by atoms with Crippen molar-refractivity contribution in [3.63, 3.8) is 0 Å². The van der Waals surface area contributed by atoms with E-state index >= 15 is 0 Å². The Morgan fingerprint density at radius 2 is 2.32 bits per heavy atom. The molecule has 0 unspecified atom stereocenters. The molecule has 2 rings (SSSR count). The second-order valence-electron chi connectivity index (χ2n) is 3.90. The molecule has 100 valence electrons. The van der Waals surface area contributed by atoms with Gasteiger partial charge in [-0.2, -0.15) is 0 Å². The van der Waals surface area contributed by atoms with Crippen LogP contribution in [0.15, 0.2) is 29.2 Å². The molecular formula is C13H14N2O2S2. The lowest BCUT2D eigenvalue weighted by atomic mass is 10.2. The Hall–Kier alpha value is -1.37. The van der Waals surface area contributed by atoms with E-state index in [1.54, 1.807) is 7.11 Å². The van der Waals surface area contributed by atoms with Crippen LogP contribution in [0.4, 0.5) is 0 Å². The third kappa shape index (κ3) is 3.15. The third-order valence-electron chi connectivity index (χ3n) is 2.62. The van der Waals surface area contributed by atoms with Crippen LogP contribution in [-0.4, -0.2) is 35.3 Å². The quantitative estimate of drug-likeness (QED) is 0.678. The zero-order valence-electron chi connectivity index (χ0n) is 10.5. The van der Waals surface area contributed by atoms with E-state index in [9.17, 15) is 4.79 Å². The maximum atomic E-state index is 12.1. The average Bonchev–Trinajstić information content (AvgIpc) is 2.67. The number of methoxy groups -OCH3 is 1. The first-order valence-electron chi connectivity index (χ1n) is 5.75. The highest BCUT2D eigenvalue weighted by Gasteiger charge is 2.31. The minimum atomic E-state index is -0.0803. The fraction of sp³-hybridized carbons (Fsp3) is 0.231. The normalized spacial score (nSPS) is 17.4. The highest BCUT2D eigenvalue weighted by molar-refractivity contribution is 8.26. The fourth-order valence-corrected chi connectivity index (χ4v) is 3.01. The van der Waals surface area contributed by atoms with Gasteiger partial charge in [-0.1, -0.05) is 36.1 Å². The number of carbonyl (C=O) groups is 1. The van der Waals surface area contributed by atoms with Crippen LogP contribution >= 0.6 is 24.0 Å². The van der Waals surface area contributed by atoms with Gasteiger partial charge in [-0.3, -0.25) is 9.69 Å². The summed E-state index contributed by atoms with van der Waals surface area (Å²) in [6.45, 7) is 0.860. The van der Waals surface area contributed by atoms with Gasteiger partial charge in [0.05, 0.1) is 12.0 Å². The third-order valence-corrected chi connectivity index (χ3v) is 4.00. The molecular weight excluding hydrogens is 280 g/mol. The largest absolute Gasteiger partial charge is 0.497 e. The van der Waals surface area contributed by atoms with Gasteiger partial charge < -0.3 is 10.5 Å². The highest BCUT2D eigenvalue weighted by atomic mass is 32.2. The van der Waals surface area contributed by atoms with Gasteiger partial charge in [0.2, 0.25) is 0 Å². The first kappa shape index (κ1) is 14.0. The first-order valence-corrected chi connectivity index (χ1v) is 6.97. The van der Waals surface area contributed by atoms with Crippen molar-refractivity contribution in [3.8, 4) is 5.75 Å². The number of benzene rings is 1. The minimum absolute atomic E-state index is 0.0803. The molecule has 2 N–H and O–H groups in total. The Bertz CT molecular complexity index is 543. The molecule has 1 aromatic rings. The number of nitrogens with two attached hydrogens (primary N) is 1. The Kier molecular flexibility index (Phi) is 4.57. The van der Waals surface area contributed by atoms with Crippen molar-refractivity contribution in [2.75, 3.05) is 20.2 Å². The topological polar surface area (TPSA) is 55.6 Å². The van der Waals surface area contributed by atoms with Gasteiger partial charge in [-0.05, 0) is 23.8 Å². The maximum Gasteiger partial charge on any atom is 0.266 e. The molecule has 1 aliphatic rings. The molecule has 1 aromatic carbocycles. The monoisotopic (exact) mass is 294 g/mol. The van der Waals surface area contributed by atoms with E-state index in [1.807, 2.05) is 30.3 Å². The molecule has 0 atom stereocenters. The molecule has 6 heteroatoms. The number of amides is 1. The van der Waals surface area contributed by atoms with Gasteiger partial charge in [-0.15, -0.1) is 0 Å². The molecule has 1 amide bonds. The van der Waals surface area contributed by atoms with Crippen molar-refractivity contribution >= 4 is 40.3 Å². The standard InChI is InChI=1S/C13H14N2O2S2/c1-17-10-4-2-3-9(7-10)8-11-12(16)15(6-5-14)13(18)19-11/h2-4,7-8H,5-6,14H2,1H3/b11-8+. The molecule has 0 aromatic heterocycles. The molecule has 0 radical (unpaired) electrons. The average molecular weight is 294 g/mol. The van der Waals surface area contributed by atoms with Crippen LogP contribution < -0.4 is 10.5 Å². The zero-order chi connectivity index (χ0) is 13.8. The van der Waals surface area contributed by atoms with Crippen molar-refractivity contribution in [3.05, 3.63) is 34.7 Å². The Balaban J connectivity index is 2.24. The van der Waals surface area contributed by atoms with Gasteiger partial charge in [0.25, 0.3) is 5.91 Å². The van der Waals surface area contributed by atoms with Crippen LogP contribution in [0.2, 0.25) is 0 Å².